The van der Waals surface area contributed by atoms with Crippen molar-refractivity contribution in [1.82, 2.24) is 10.1 Å². The van der Waals surface area contributed by atoms with Gasteiger partial charge in [-0.25, -0.2) is 0 Å². The summed E-state index contributed by atoms with van der Waals surface area (Å²) < 4.78 is 5.20. The number of anilines is 1. The molecule has 0 saturated heterocycles. The molecule has 4 heteroatoms. The quantitative estimate of drug-likeness (QED) is 0.914. The summed E-state index contributed by atoms with van der Waals surface area (Å²) in [6.07, 6.45) is 11.1. The molecule has 0 radical (unpaired) electrons. The minimum atomic E-state index is 0.414. The van der Waals surface area contributed by atoms with Crippen molar-refractivity contribution in [3.05, 3.63) is 30.2 Å². The standard InChI is InChI=1S/C15H19N3O/c16-15-14(12-6-8-17-9-7-12)13(18-19-15)10-11-4-2-1-3-5-11/h6-9,11H,1-5,10,16H2. The average Bonchev–Trinajstić information content (AvgIpc) is 2.82. The molecule has 2 N–H and O–H groups in total. The van der Waals surface area contributed by atoms with Crippen LogP contribution < -0.4 is 5.73 Å². The van der Waals surface area contributed by atoms with Gasteiger partial charge in [-0.3, -0.25) is 4.98 Å². The number of hydrogen-bond donors (Lipinski definition) is 1. The van der Waals surface area contributed by atoms with Gasteiger partial charge in [-0.05, 0) is 30.0 Å². The van der Waals surface area contributed by atoms with Crippen LogP contribution in [0.25, 0.3) is 11.1 Å². The topological polar surface area (TPSA) is 64.9 Å². The zero-order valence-corrected chi connectivity index (χ0v) is 11.0. The van der Waals surface area contributed by atoms with E-state index in [9.17, 15) is 0 Å². The Balaban J connectivity index is 1.86. The predicted molar refractivity (Wildman–Crippen MR) is 74.4 cm³/mol. The second-order valence-corrected chi connectivity index (χ2v) is 5.31. The molecule has 1 fully saturated rings. The SMILES string of the molecule is Nc1onc(CC2CCCCC2)c1-c1ccncc1. The van der Waals surface area contributed by atoms with E-state index in [4.69, 9.17) is 10.3 Å². The normalized spacial score (nSPS) is 16.6. The van der Waals surface area contributed by atoms with Gasteiger partial charge in [-0.2, -0.15) is 0 Å². The second-order valence-electron chi connectivity index (χ2n) is 5.31. The Morgan fingerprint density at radius 3 is 2.63 bits per heavy atom. The molecular formula is C15H19N3O. The highest BCUT2D eigenvalue weighted by Gasteiger charge is 2.21. The van der Waals surface area contributed by atoms with Gasteiger partial charge in [-0.1, -0.05) is 37.3 Å². The van der Waals surface area contributed by atoms with Gasteiger partial charge in [0.2, 0.25) is 5.88 Å². The fourth-order valence-electron chi connectivity index (χ4n) is 2.97. The Morgan fingerprint density at radius 1 is 1.16 bits per heavy atom. The molecule has 2 aromatic heterocycles. The van der Waals surface area contributed by atoms with E-state index >= 15 is 0 Å². The third kappa shape index (κ3) is 2.62. The van der Waals surface area contributed by atoms with Gasteiger partial charge in [-0.15, -0.1) is 0 Å². The van der Waals surface area contributed by atoms with Crippen molar-refractivity contribution >= 4 is 5.88 Å². The predicted octanol–water partition coefficient (Wildman–Crippen LogP) is 3.44. The van der Waals surface area contributed by atoms with Crippen molar-refractivity contribution in [3.8, 4) is 11.1 Å². The Kier molecular flexibility index (Phi) is 3.49. The zero-order valence-electron chi connectivity index (χ0n) is 11.0. The van der Waals surface area contributed by atoms with Gasteiger partial charge in [0.05, 0.1) is 11.3 Å². The first-order chi connectivity index (χ1) is 9.34. The van der Waals surface area contributed by atoms with E-state index in [0.29, 0.717) is 5.88 Å². The van der Waals surface area contributed by atoms with Gasteiger partial charge >= 0.3 is 0 Å². The summed E-state index contributed by atoms with van der Waals surface area (Å²) in [5.74, 6) is 1.14. The van der Waals surface area contributed by atoms with Crippen molar-refractivity contribution in [2.24, 2.45) is 5.92 Å². The largest absolute Gasteiger partial charge is 0.367 e. The molecule has 3 rings (SSSR count). The number of aromatic nitrogens is 2. The fourth-order valence-corrected chi connectivity index (χ4v) is 2.97. The molecule has 0 spiro atoms. The molecule has 2 aromatic rings. The summed E-state index contributed by atoms with van der Waals surface area (Å²) >= 11 is 0. The fraction of sp³-hybridized carbons (Fsp3) is 0.467. The lowest BCUT2D eigenvalue weighted by Gasteiger charge is -2.20. The molecule has 1 saturated carbocycles. The van der Waals surface area contributed by atoms with Gasteiger partial charge in [0.15, 0.2) is 0 Å². The summed E-state index contributed by atoms with van der Waals surface area (Å²) in [5, 5.41) is 4.17. The minimum absolute atomic E-state index is 0.414. The van der Waals surface area contributed by atoms with Crippen LogP contribution >= 0.6 is 0 Å². The van der Waals surface area contributed by atoms with Crippen LogP contribution in [-0.4, -0.2) is 10.1 Å². The van der Waals surface area contributed by atoms with E-state index in [1.165, 1.54) is 32.1 Å². The molecule has 2 heterocycles. The second kappa shape index (κ2) is 5.43. The summed E-state index contributed by atoms with van der Waals surface area (Å²) in [7, 11) is 0. The third-order valence-electron chi connectivity index (χ3n) is 3.96. The first-order valence-corrected chi connectivity index (χ1v) is 6.99. The lowest BCUT2D eigenvalue weighted by Crippen LogP contribution is -2.10. The molecule has 0 bridgehead atoms. The molecule has 4 nitrogen and oxygen atoms in total. The van der Waals surface area contributed by atoms with Gasteiger partial charge in [0.25, 0.3) is 0 Å². The lowest BCUT2D eigenvalue weighted by molar-refractivity contribution is 0.345. The molecule has 0 atom stereocenters. The average molecular weight is 257 g/mol. The molecule has 0 aliphatic heterocycles. The van der Waals surface area contributed by atoms with E-state index in [1.54, 1.807) is 12.4 Å². The Hall–Kier alpha value is -1.84. The number of pyridine rings is 1. The number of nitrogens with two attached hydrogens (primary N) is 1. The van der Waals surface area contributed by atoms with Crippen molar-refractivity contribution in [2.75, 3.05) is 5.73 Å². The van der Waals surface area contributed by atoms with E-state index in [2.05, 4.69) is 10.1 Å². The summed E-state index contributed by atoms with van der Waals surface area (Å²) in [4.78, 5) is 4.04. The van der Waals surface area contributed by atoms with Crippen LogP contribution in [0.1, 0.15) is 37.8 Å². The van der Waals surface area contributed by atoms with Crippen molar-refractivity contribution in [3.63, 3.8) is 0 Å². The van der Waals surface area contributed by atoms with Crippen molar-refractivity contribution < 1.29 is 4.52 Å². The van der Waals surface area contributed by atoms with E-state index in [-0.39, 0.29) is 0 Å². The van der Waals surface area contributed by atoms with E-state index < -0.39 is 0 Å². The molecule has 0 aromatic carbocycles. The van der Waals surface area contributed by atoms with Crippen LogP contribution in [0.15, 0.2) is 29.0 Å². The maximum absolute atomic E-state index is 5.93. The molecule has 19 heavy (non-hydrogen) atoms. The Morgan fingerprint density at radius 2 is 1.89 bits per heavy atom. The minimum Gasteiger partial charge on any atom is -0.367 e. The monoisotopic (exact) mass is 257 g/mol. The van der Waals surface area contributed by atoms with Crippen molar-refractivity contribution in [2.45, 2.75) is 38.5 Å². The summed E-state index contributed by atoms with van der Waals surface area (Å²) in [5.41, 5.74) is 8.92. The summed E-state index contributed by atoms with van der Waals surface area (Å²) in [6.45, 7) is 0. The molecular weight excluding hydrogens is 238 g/mol. The zero-order chi connectivity index (χ0) is 13.1. The molecule has 0 amide bonds. The number of nitrogen functional groups attached to an aromatic ring is 1. The van der Waals surface area contributed by atoms with Crippen LogP contribution in [-0.2, 0) is 6.42 Å². The lowest BCUT2D eigenvalue weighted by atomic mass is 9.85. The Labute approximate surface area is 113 Å². The van der Waals surface area contributed by atoms with Crippen LogP contribution in [0.2, 0.25) is 0 Å². The highest BCUT2D eigenvalue weighted by molar-refractivity contribution is 5.74. The van der Waals surface area contributed by atoms with Crippen LogP contribution in [0, 0.1) is 5.92 Å². The third-order valence-corrected chi connectivity index (χ3v) is 3.96. The first kappa shape index (κ1) is 12.2. The van der Waals surface area contributed by atoms with Crippen LogP contribution in [0.5, 0.6) is 0 Å². The highest BCUT2D eigenvalue weighted by Crippen LogP contribution is 2.33. The summed E-state index contributed by atoms with van der Waals surface area (Å²) in [6, 6.07) is 3.90. The molecule has 1 aliphatic rings. The first-order valence-electron chi connectivity index (χ1n) is 6.99. The number of rotatable bonds is 3. The van der Waals surface area contributed by atoms with Gasteiger partial charge < -0.3 is 10.3 Å². The smallest absolute Gasteiger partial charge is 0.230 e. The highest BCUT2D eigenvalue weighted by atomic mass is 16.5. The van der Waals surface area contributed by atoms with Crippen LogP contribution in [0.3, 0.4) is 0 Å². The van der Waals surface area contributed by atoms with Gasteiger partial charge in [0, 0.05) is 12.4 Å². The van der Waals surface area contributed by atoms with E-state index in [0.717, 1.165) is 29.2 Å². The molecule has 100 valence electrons. The number of nitrogens with zero attached hydrogens (tertiary/aromatic N) is 2. The van der Waals surface area contributed by atoms with Gasteiger partial charge in [0.1, 0.15) is 0 Å². The van der Waals surface area contributed by atoms with E-state index in [1.807, 2.05) is 12.1 Å². The maximum Gasteiger partial charge on any atom is 0.230 e. The van der Waals surface area contributed by atoms with Crippen molar-refractivity contribution in [1.29, 1.82) is 0 Å². The maximum atomic E-state index is 5.93. The molecule has 1 aliphatic carbocycles. The molecule has 0 unspecified atom stereocenters. The van der Waals surface area contributed by atoms with Crippen LogP contribution in [0.4, 0.5) is 5.88 Å². The number of hydrogen-bond acceptors (Lipinski definition) is 4. The Bertz CT molecular complexity index is 530.